The number of carboxylic acids is 1. The molecule has 0 atom stereocenters. The highest BCUT2D eigenvalue weighted by Gasteiger charge is 2.41. The molecule has 9 heteroatoms. The van der Waals surface area contributed by atoms with Crippen LogP contribution >= 0.6 is 0 Å². The third-order valence-corrected chi connectivity index (χ3v) is 3.54. The molecule has 9 nitrogen and oxygen atoms in total. The van der Waals surface area contributed by atoms with Gasteiger partial charge in [0.2, 0.25) is 11.8 Å². The van der Waals surface area contributed by atoms with Gasteiger partial charge in [-0.2, -0.15) is 0 Å². The van der Waals surface area contributed by atoms with Crippen LogP contribution in [0.5, 0.6) is 5.75 Å². The molecule has 1 aliphatic heterocycles. The molecule has 134 valence electrons. The average Bonchev–Trinajstić information content (AvgIpc) is 2.49. The monoisotopic (exact) mass is 349 g/mol. The SMILES string of the molecule is CC1(C)Oc2cc(NC(=O)CCC(=O)O)ccc2N(CC(N)=O)C1=O. The zero-order valence-corrected chi connectivity index (χ0v) is 13.9. The number of benzene rings is 1. The Labute approximate surface area is 143 Å². The van der Waals surface area contributed by atoms with Crippen molar-refractivity contribution in [1.82, 2.24) is 0 Å². The summed E-state index contributed by atoms with van der Waals surface area (Å²) in [6.45, 7) is 2.83. The number of hydrogen-bond acceptors (Lipinski definition) is 5. The molecule has 25 heavy (non-hydrogen) atoms. The Morgan fingerprint density at radius 2 is 1.96 bits per heavy atom. The van der Waals surface area contributed by atoms with Gasteiger partial charge in [0, 0.05) is 18.2 Å². The summed E-state index contributed by atoms with van der Waals surface area (Å²) >= 11 is 0. The zero-order chi connectivity index (χ0) is 18.8. The lowest BCUT2D eigenvalue weighted by Gasteiger charge is -2.38. The van der Waals surface area contributed by atoms with Crippen molar-refractivity contribution in [2.75, 3.05) is 16.8 Å². The Bertz CT molecular complexity index is 743. The normalized spacial score (nSPS) is 15.1. The summed E-state index contributed by atoms with van der Waals surface area (Å²) in [7, 11) is 0. The van der Waals surface area contributed by atoms with Crippen molar-refractivity contribution in [2.24, 2.45) is 5.73 Å². The van der Waals surface area contributed by atoms with E-state index in [0.29, 0.717) is 17.1 Å². The second kappa shape index (κ2) is 6.80. The molecule has 0 radical (unpaired) electrons. The summed E-state index contributed by atoms with van der Waals surface area (Å²) in [5.74, 6) is -2.28. The number of rotatable bonds is 6. The number of carbonyl (C=O) groups is 4. The van der Waals surface area contributed by atoms with Gasteiger partial charge in [-0.3, -0.25) is 24.1 Å². The van der Waals surface area contributed by atoms with E-state index in [1.807, 2.05) is 0 Å². The van der Waals surface area contributed by atoms with Crippen LogP contribution in [-0.2, 0) is 19.2 Å². The number of carboxylic acid groups (broad SMARTS) is 1. The number of primary amides is 1. The van der Waals surface area contributed by atoms with Crippen LogP contribution in [0.3, 0.4) is 0 Å². The predicted molar refractivity (Wildman–Crippen MR) is 88.2 cm³/mol. The average molecular weight is 349 g/mol. The molecule has 0 aromatic heterocycles. The number of ether oxygens (including phenoxy) is 1. The van der Waals surface area contributed by atoms with E-state index < -0.39 is 29.3 Å². The van der Waals surface area contributed by atoms with Crippen molar-refractivity contribution in [3.8, 4) is 5.75 Å². The molecule has 1 aromatic carbocycles. The van der Waals surface area contributed by atoms with Gasteiger partial charge >= 0.3 is 5.97 Å². The molecule has 0 spiro atoms. The predicted octanol–water partition coefficient (Wildman–Crippen LogP) is 0.479. The highest BCUT2D eigenvalue weighted by Crippen LogP contribution is 2.39. The lowest BCUT2D eigenvalue weighted by Crippen LogP contribution is -2.54. The number of carbonyl (C=O) groups excluding carboxylic acids is 3. The van der Waals surface area contributed by atoms with Gasteiger partial charge in [0.15, 0.2) is 5.60 Å². The molecule has 0 saturated carbocycles. The van der Waals surface area contributed by atoms with Gasteiger partial charge in [0.1, 0.15) is 12.3 Å². The third-order valence-electron chi connectivity index (χ3n) is 3.54. The first-order valence-corrected chi connectivity index (χ1v) is 7.55. The molecule has 4 N–H and O–H groups in total. The Hall–Kier alpha value is -3.10. The molecule has 0 unspecified atom stereocenters. The van der Waals surface area contributed by atoms with Crippen LogP contribution in [0.1, 0.15) is 26.7 Å². The minimum Gasteiger partial charge on any atom is -0.481 e. The second-order valence-corrected chi connectivity index (χ2v) is 6.09. The van der Waals surface area contributed by atoms with E-state index in [2.05, 4.69) is 5.32 Å². The number of aliphatic carboxylic acids is 1. The molecular formula is C16H19N3O6. The third kappa shape index (κ3) is 4.25. The lowest BCUT2D eigenvalue weighted by molar-refractivity contribution is -0.138. The van der Waals surface area contributed by atoms with E-state index >= 15 is 0 Å². The minimum atomic E-state index is -1.20. The van der Waals surface area contributed by atoms with Crippen LogP contribution in [-0.4, -0.2) is 40.9 Å². The van der Waals surface area contributed by atoms with Crippen molar-refractivity contribution < 1.29 is 29.0 Å². The van der Waals surface area contributed by atoms with E-state index in [-0.39, 0.29) is 19.4 Å². The fraction of sp³-hybridized carbons (Fsp3) is 0.375. The van der Waals surface area contributed by atoms with Gasteiger partial charge in [-0.1, -0.05) is 0 Å². The van der Waals surface area contributed by atoms with Crippen LogP contribution in [0.4, 0.5) is 11.4 Å². The van der Waals surface area contributed by atoms with Gasteiger partial charge in [0.25, 0.3) is 5.91 Å². The number of amides is 3. The largest absolute Gasteiger partial charge is 0.481 e. The van der Waals surface area contributed by atoms with E-state index in [4.69, 9.17) is 15.6 Å². The van der Waals surface area contributed by atoms with Gasteiger partial charge in [-0.05, 0) is 26.0 Å². The minimum absolute atomic E-state index is 0.162. The lowest BCUT2D eigenvalue weighted by atomic mass is 10.0. The molecule has 2 rings (SSSR count). The van der Waals surface area contributed by atoms with E-state index in [0.717, 1.165) is 0 Å². The molecular weight excluding hydrogens is 330 g/mol. The molecule has 0 bridgehead atoms. The van der Waals surface area contributed by atoms with E-state index in [1.54, 1.807) is 13.8 Å². The highest BCUT2D eigenvalue weighted by atomic mass is 16.5. The first-order chi connectivity index (χ1) is 11.6. The molecule has 1 heterocycles. The van der Waals surface area contributed by atoms with Crippen LogP contribution in [0.2, 0.25) is 0 Å². The molecule has 3 amide bonds. The maximum atomic E-state index is 12.4. The van der Waals surface area contributed by atoms with Crippen LogP contribution in [0.25, 0.3) is 0 Å². The van der Waals surface area contributed by atoms with E-state index in [9.17, 15) is 19.2 Å². The van der Waals surface area contributed by atoms with Gasteiger partial charge in [-0.25, -0.2) is 0 Å². The number of hydrogen-bond donors (Lipinski definition) is 3. The van der Waals surface area contributed by atoms with Gasteiger partial charge < -0.3 is 20.9 Å². The number of anilines is 2. The summed E-state index contributed by atoms with van der Waals surface area (Å²) in [5, 5.41) is 11.2. The van der Waals surface area contributed by atoms with Crippen molar-refractivity contribution in [1.29, 1.82) is 0 Å². The van der Waals surface area contributed by atoms with Gasteiger partial charge in [0.05, 0.1) is 12.1 Å². The fourth-order valence-corrected chi connectivity index (χ4v) is 2.41. The highest BCUT2D eigenvalue weighted by molar-refractivity contribution is 6.06. The first kappa shape index (κ1) is 18.2. The van der Waals surface area contributed by atoms with Crippen molar-refractivity contribution in [3.05, 3.63) is 18.2 Å². The summed E-state index contributed by atoms with van der Waals surface area (Å²) in [6.07, 6.45) is -0.438. The number of nitrogens with one attached hydrogen (secondary N) is 1. The Morgan fingerprint density at radius 3 is 2.56 bits per heavy atom. The number of fused-ring (bicyclic) bond motifs is 1. The molecule has 0 saturated heterocycles. The Balaban J connectivity index is 2.26. The smallest absolute Gasteiger partial charge is 0.303 e. The first-order valence-electron chi connectivity index (χ1n) is 7.55. The molecule has 1 aliphatic rings. The van der Waals surface area contributed by atoms with Crippen LogP contribution in [0, 0.1) is 0 Å². The maximum Gasteiger partial charge on any atom is 0.303 e. The summed E-state index contributed by atoms with van der Waals surface area (Å²) < 4.78 is 5.68. The standard InChI is InChI=1S/C16H19N3O6/c1-16(2)15(24)19(8-12(17)20)10-4-3-9(7-11(10)25-16)18-13(21)5-6-14(22)23/h3-4,7H,5-6,8H2,1-2H3,(H2,17,20)(H,18,21)(H,22,23). The van der Waals surface area contributed by atoms with Crippen LogP contribution in [0.15, 0.2) is 18.2 Å². The summed E-state index contributed by atoms with van der Waals surface area (Å²) in [6, 6.07) is 4.56. The Morgan fingerprint density at radius 1 is 1.28 bits per heavy atom. The topological polar surface area (TPSA) is 139 Å². The maximum absolute atomic E-state index is 12.4. The number of nitrogens with two attached hydrogens (primary N) is 1. The molecule has 1 aromatic rings. The van der Waals surface area contributed by atoms with Gasteiger partial charge in [-0.15, -0.1) is 0 Å². The fourth-order valence-electron chi connectivity index (χ4n) is 2.41. The van der Waals surface area contributed by atoms with Crippen LogP contribution < -0.4 is 20.7 Å². The quantitative estimate of drug-likeness (QED) is 0.682. The van der Waals surface area contributed by atoms with Crippen molar-refractivity contribution >= 4 is 35.1 Å². The Kier molecular flexibility index (Phi) is 4.96. The zero-order valence-electron chi connectivity index (χ0n) is 13.9. The number of nitrogens with zero attached hydrogens (tertiary/aromatic N) is 1. The second-order valence-electron chi connectivity index (χ2n) is 6.09. The molecule has 0 aliphatic carbocycles. The summed E-state index contributed by atoms with van der Waals surface area (Å²) in [4.78, 5) is 47.1. The summed E-state index contributed by atoms with van der Waals surface area (Å²) in [5.41, 5.74) is 4.76. The van der Waals surface area contributed by atoms with E-state index in [1.165, 1.54) is 23.1 Å². The molecule has 0 fully saturated rings. The van der Waals surface area contributed by atoms with Crippen molar-refractivity contribution in [3.63, 3.8) is 0 Å². The van der Waals surface area contributed by atoms with Crippen molar-refractivity contribution in [2.45, 2.75) is 32.3 Å².